The number of hydrogen-bond acceptors (Lipinski definition) is 6. The minimum Gasteiger partial charge on any atom is -0.497 e. The molecule has 2 aromatic carbocycles. The summed E-state index contributed by atoms with van der Waals surface area (Å²) < 4.78 is 16.9. The van der Waals surface area contributed by atoms with Crippen LogP contribution in [0, 0.1) is 0 Å². The van der Waals surface area contributed by atoms with E-state index in [0.29, 0.717) is 26.2 Å². The number of rotatable bonds is 5. The van der Waals surface area contributed by atoms with Crippen LogP contribution in [0.4, 0.5) is 0 Å². The third-order valence-electron chi connectivity index (χ3n) is 6.56. The van der Waals surface area contributed by atoms with Crippen molar-refractivity contribution in [1.82, 2.24) is 9.91 Å². The number of amides is 1. The van der Waals surface area contributed by atoms with Crippen LogP contribution in [-0.2, 0) is 14.3 Å². The summed E-state index contributed by atoms with van der Waals surface area (Å²) >= 11 is 0. The van der Waals surface area contributed by atoms with Gasteiger partial charge in [0.25, 0.3) is 5.91 Å². The van der Waals surface area contributed by atoms with Crippen LogP contribution in [0.25, 0.3) is 0 Å². The quantitative estimate of drug-likeness (QED) is 0.722. The Balaban J connectivity index is 1.32. The van der Waals surface area contributed by atoms with E-state index >= 15 is 0 Å². The number of hydrazone groups is 1. The van der Waals surface area contributed by atoms with Crippen LogP contribution >= 0.6 is 0 Å². The van der Waals surface area contributed by atoms with Crippen molar-refractivity contribution in [3.63, 3.8) is 0 Å². The zero-order valence-corrected chi connectivity index (χ0v) is 18.4. The molecule has 5 rings (SSSR count). The van der Waals surface area contributed by atoms with E-state index in [2.05, 4.69) is 4.90 Å². The fraction of sp³-hybridized carbons (Fsp3) is 0.440. The topological polar surface area (TPSA) is 63.6 Å². The molecule has 0 N–H and O–H groups in total. The molecule has 0 aromatic heterocycles. The minimum atomic E-state index is -0.433. The molecule has 1 spiro atoms. The van der Waals surface area contributed by atoms with Gasteiger partial charge in [-0.25, -0.2) is 5.01 Å². The second-order valence-corrected chi connectivity index (χ2v) is 8.53. The van der Waals surface area contributed by atoms with Gasteiger partial charge in [0.15, 0.2) is 5.79 Å². The average molecular weight is 436 g/mol. The molecule has 0 bridgehead atoms. The molecule has 0 radical (unpaired) electrons. The highest BCUT2D eigenvalue weighted by atomic mass is 16.7. The number of carbonyl (C=O) groups is 1. The number of benzene rings is 2. The lowest BCUT2D eigenvalue weighted by molar-refractivity contribution is -0.186. The first-order valence-electron chi connectivity index (χ1n) is 11.2. The number of likely N-dealkylation sites (tertiary alicyclic amines) is 1. The first-order valence-corrected chi connectivity index (χ1v) is 11.2. The summed E-state index contributed by atoms with van der Waals surface area (Å²) in [5.74, 6) is 0.380. The molecule has 3 heterocycles. The van der Waals surface area contributed by atoms with E-state index in [-0.39, 0.29) is 11.9 Å². The monoisotopic (exact) mass is 435 g/mol. The molecular formula is C25H29N3O4. The zero-order valence-electron chi connectivity index (χ0n) is 18.4. The Hall–Kier alpha value is -2.74. The van der Waals surface area contributed by atoms with Gasteiger partial charge in [-0.3, -0.25) is 9.69 Å². The van der Waals surface area contributed by atoms with Gasteiger partial charge in [0, 0.05) is 32.4 Å². The highest BCUT2D eigenvalue weighted by Crippen LogP contribution is 2.35. The van der Waals surface area contributed by atoms with Crippen LogP contribution in [-0.4, -0.2) is 67.3 Å². The molecule has 2 aromatic rings. The molecule has 2 saturated heterocycles. The molecule has 168 valence electrons. The Morgan fingerprint density at radius 2 is 1.75 bits per heavy atom. The van der Waals surface area contributed by atoms with Crippen molar-refractivity contribution in [3.8, 4) is 5.75 Å². The van der Waals surface area contributed by atoms with Gasteiger partial charge in [0.05, 0.1) is 38.6 Å². The molecular weight excluding hydrogens is 406 g/mol. The second kappa shape index (κ2) is 9.02. The van der Waals surface area contributed by atoms with E-state index in [0.717, 1.165) is 48.5 Å². The molecule has 1 amide bonds. The Morgan fingerprint density at radius 3 is 2.41 bits per heavy atom. The van der Waals surface area contributed by atoms with Crippen molar-refractivity contribution in [1.29, 1.82) is 0 Å². The maximum Gasteiger partial charge on any atom is 0.257 e. The Kier molecular flexibility index (Phi) is 5.95. The van der Waals surface area contributed by atoms with Crippen LogP contribution in [0.3, 0.4) is 0 Å². The lowest BCUT2D eigenvalue weighted by Gasteiger charge is -2.37. The van der Waals surface area contributed by atoms with E-state index < -0.39 is 5.79 Å². The first kappa shape index (κ1) is 21.1. The maximum absolute atomic E-state index is 13.4. The van der Waals surface area contributed by atoms with Gasteiger partial charge < -0.3 is 14.2 Å². The second-order valence-electron chi connectivity index (χ2n) is 8.53. The minimum absolute atomic E-state index is 0.0148. The van der Waals surface area contributed by atoms with Crippen LogP contribution in [0.1, 0.15) is 36.4 Å². The number of piperidine rings is 1. The molecule has 3 aliphatic heterocycles. The van der Waals surface area contributed by atoms with Gasteiger partial charge in [-0.2, -0.15) is 5.10 Å². The third kappa shape index (κ3) is 4.28. The normalized spacial score (nSPS) is 22.8. The fourth-order valence-corrected chi connectivity index (χ4v) is 4.73. The van der Waals surface area contributed by atoms with Crippen molar-refractivity contribution in [2.75, 3.05) is 40.0 Å². The molecule has 2 fully saturated rings. The average Bonchev–Trinajstić information content (AvgIpc) is 3.49. The summed E-state index contributed by atoms with van der Waals surface area (Å²) in [7, 11) is 1.65. The van der Waals surface area contributed by atoms with Crippen molar-refractivity contribution < 1.29 is 19.0 Å². The lowest BCUT2D eigenvalue weighted by Crippen LogP contribution is -2.48. The summed E-state index contributed by atoms with van der Waals surface area (Å²) in [5, 5.41) is 6.47. The van der Waals surface area contributed by atoms with Crippen molar-refractivity contribution in [3.05, 3.63) is 65.7 Å². The number of nitrogens with zero attached hydrogens (tertiary/aromatic N) is 3. The molecule has 7 nitrogen and oxygen atoms in total. The summed E-state index contributed by atoms with van der Waals surface area (Å²) in [6, 6.07) is 17.9. The SMILES string of the molecule is COc1ccc(C2CC(c3ccccc3)=NN2C(=O)CN2CCC3(CC2)OCCO3)cc1. The van der Waals surface area contributed by atoms with E-state index in [9.17, 15) is 4.79 Å². The summed E-state index contributed by atoms with van der Waals surface area (Å²) in [6.45, 7) is 3.22. The van der Waals surface area contributed by atoms with E-state index in [1.807, 2.05) is 54.6 Å². The smallest absolute Gasteiger partial charge is 0.257 e. The predicted molar refractivity (Wildman–Crippen MR) is 120 cm³/mol. The molecule has 3 aliphatic rings. The van der Waals surface area contributed by atoms with E-state index in [1.165, 1.54) is 0 Å². The van der Waals surface area contributed by atoms with Crippen molar-refractivity contribution in [2.45, 2.75) is 31.1 Å². The predicted octanol–water partition coefficient (Wildman–Crippen LogP) is 3.21. The summed E-state index contributed by atoms with van der Waals surface area (Å²) in [5.41, 5.74) is 3.04. The van der Waals surface area contributed by atoms with Gasteiger partial charge in [-0.05, 0) is 23.3 Å². The van der Waals surface area contributed by atoms with Crippen LogP contribution in [0.5, 0.6) is 5.75 Å². The summed E-state index contributed by atoms with van der Waals surface area (Å²) in [4.78, 5) is 15.6. The molecule has 0 saturated carbocycles. The fourth-order valence-electron chi connectivity index (χ4n) is 4.73. The van der Waals surface area contributed by atoms with Crippen LogP contribution < -0.4 is 4.74 Å². The van der Waals surface area contributed by atoms with Crippen molar-refractivity contribution in [2.24, 2.45) is 5.10 Å². The molecule has 32 heavy (non-hydrogen) atoms. The number of methoxy groups -OCH3 is 1. The Morgan fingerprint density at radius 1 is 1.06 bits per heavy atom. The zero-order chi connectivity index (χ0) is 22.0. The molecule has 1 atom stereocenters. The number of hydrogen-bond donors (Lipinski definition) is 0. The van der Waals surface area contributed by atoms with Gasteiger partial charge in [-0.15, -0.1) is 0 Å². The van der Waals surface area contributed by atoms with E-state index in [1.54, 1.807) is 12.1 Å². The van der Waals surface area contributed by atoms with Gasteiger partial charge >= 0.3 is 0 Å². The molecule has 1 unspecified atom stereocenters. The van der Waals surface area contributed by atoms with Crippen molar-refractivity contribution >= 4 is 11.6 Å². The Labute approximate surface area is 188 Å². The van der Waals surface area contributed by atoms with Crippen LogP contribution in [0.15, 0.2) is 59.7 Å². The summed E-state index contributed by atoms with van der Waals surface area (Å²) in [6.07, 6.45) is 2.27. The number of carbonyl (C=O) groups excluding carboxylic acids is 1. The highest BCUT2D eigenvalue weighted by molar-refractivity contribution is 6.03. The van der Waals surface area contributed by atoms with Gasteiger partial charge in [0.2, 0.25) is 0 Å². The standard InChI is InChI=1S/C25H29N3O4/c1-30-21-9-7-20(8-10-21)23-17-22(19-5-3-2-4-6-19)26-28(23)24(29)18-27-13-11-25(12-14-27)31-15-16-32-25/h2-10,23H,11-18H2,1H3. The number of ether oxygens (including phenoxy) is 3. The Bertz CT molecular complexity index is 960. The first-order chi connectivity index (χ1) is 15.7. The molecule has 7 heteroatoms. The third-order valence-corrected chi connectivity index (χ3v) is 6.56. The van der Waals surface area contributed by atoms with E-state index in [4.69, 9.17) is 19.3 Å². The van der Waals surface area contributed by atoms with Gasteiger partial charge in [0.1, 0.15) is 5.75 Å². The largest absolute Gasteiger partial charge is 0.497 e. The highest BCUT2D eigenvalue weighted by Gasteiger charge is 2.41. The van der Waals surface area contributed by atoms with Crippen LogP contribution in [0.2, 0.25) is 0 Å². The van der Waals surface area contributed by atoms with Gasteiger partial charge in [-0.1, -0.05) is 42.5 Å². The molecule has 0 aliphatic carbocycles. The maximum atomic E-state index is 13.4. The lowest BCUT2D eigenvalue weighted by atomic mass is 9.98.